The summed E-state index contributed by atoms with van der Waals surface area (Å²) in [7, 11) is -3.55. The maximum atomic E-state index is 11.5. The minimum atomic E-state index is -3.55. The molecule has 0 radical (unpaired) electrons. The Balaban J connectivity index is 1.57. The fourth-order valence-corrected chi connectivity index (χ4v) is 3.74. The van der Waals surface area contributed by atoms with E-state index in [1.165, 1.54) is 0 Å². The first-order valence-electron chi connectivity index (χ1n) is 9.26. The highest BCUT2D eigenvalue weighted by Gasteiger charge is 2.34. The van der Waals surface area contributed by atoms with Gasteiger partial charge in [0.05, 0.1) is 38.8 Å². The van der Waals surface area contributed by atoms with Gasteiger partial charge in [0.1, 0.15) is 12.2 Å². The van der Waals surface area contributed by atoms with Crippen molar-refractivity contribution < 1.29 is 26.8 Å². The van der Waals surface area contributed by atoms with Gasteiger partial charge in [0, 0.05) is 6.42 Å². The normalized spacial score (nSPS) is 22.8. The first kappa shape index (κ1) is 21.0. The third-order valence-electron chi connectivity index (χ3n) is 4.42. The van der Waals surface area contributed by atoms with Crippen LogP contribution in [0.2, 0.25) is 0 Å². The summed E-state index contributed by atoms with van der Waals surface area (Å²) in [5.41, 5.74) is 2.12. The molecule has 28 heavy (non-hydrogen) atoms. The van der Waals surface area contributed by atoms with Crippen LogP contribution >= 0.6 is 0 Å². The van der Waals surface area contributed by atoms with Crippen molar-refractivity contribution in [2.75, 3.05) is 19.5 Å². The van der Waals surface area contributed by atoms with E-state index in [0.29, 0.717) is 26.2 Å². The van der Waals surface area contributed by atoms with Crippen LogP contribution in [-0.2, 0) is 41.7 Å². The van der Waals surface area contributed by atoms with Crippen molar-refractivity contribution in [2.45, 2.75) is 37.9 Å². The zero-order chi connectivity index (χ0) is 19.8. The van der Waals surface area contributed by atoms with Crippen LogP contribution in [0.1, 0.15) is 17.5 Å². The summed E-state index contributed by atoms with van der Waals surface area (Å²) >= 11 is 0. The summed E-state index contributed by atoms with van der Waals surface area (Å²) in [5, 5.41) is 0. The van der Waals surface area contributed by atoms with E-state index >= 15 is 0 Å². The van der Waals surface area contributed by atoms with Gasteiger partial charge in [-0.1, -0.05) is 60.7 Å². The maximum Gasteiger partial charge on any atom is 0.264 e. The molecule has 2 aromatic carbocycles. The number of rotatable bonds is 9. The Morgan fingerprint density at radius 3 is 2.18 bits per heavy atom. The van der Waals surface area contributed by atoms with Crippen LogP contribution in [0, 0.1) is 0 Å². The van der Waals surface area contributed by atoms with E-state index in [4.69, 9.17) is 18.4 Å². The van der Waals surface area contributed by atoms with Gasteiger partial charge in [-0.25, -0.2) is 0 Å². The Kier molecular flexibility index (Phi) is 7.58. The molecule has 152 valence electrons. The lowest BCUT2D eigenvalue weighted by molar-refractivity contribution is -0.163. The Morgan fingerprint density at radius 1 is 0.964 bits per heavy atom. The van der Waals surface area contributed by atoms with Crippen molar-refractivity contribution in [3.63, 3.8) is 0 Å². The molecule has 3 atom stereocenters. The van der Waals surface area contributed by atoms with E-state index in [0.717, 1.165) is 17.4 Å². The lowest BCUT2D eigenvalue weighted by Gasteiger charge is -2.35. The third-order valence-corrected chi connectivity index (χ3v) is 5.04. The van der Waals surface area contributed by atoms with E-state index in [-0.39, 0.29) is 18.8 Å². The Bertz CT molecular complexity index is 809. The number of benzene rings is 2. The van der Waals surface area contributed by atoms with Crippen molar-refractivity contribution in [2.24, 2.45) is 0 Å². The van der Waals surface area contributed by atoms with Crippen molar-refractivity contribution in [3.05, 3.63) is 71.8 Å². The van der Waals surface area contributed by atoms with Crippen molar-refractivity contribution in [1.29, 1.82) is 0 Å². The standard InChI is InChI=1S/C21H26O6S/c1-28(22,23)27-19-12-20(25-14-18-10-6-3-7-11-18)21(26-15-19)16-24-13-17-8-4-2-5-9-17/h2-11,19-21H,12-16H2,1H3/t19-,20-,21+/m0/s1. The minimum absolute atomic E-state index is 0.192. The van der Waals surface area contributed by atoms with E-state index in [1.54, 1.807) is 0 Å². The lowest BCUT2D eigenvalue weighted by Crippen LogP contribution is -2.46. The zero-order valence-corrected chi connectivity index (χ0v) is 16.7. The Hall–Kier alpha value is -1.77. The molecule has 6 nitrogen and oxygen atoms in total. The highest BCUT2D eigenvalue weighted by Crippen LogP contribution is 2.23. The molecular formula is C21H26O6S. The fourth-order valence-electron chi connectivity index (χ4n) is 3.11. The maximum absolute atomic E-state index is 11.5. The van der Waals surface area contributed by atoms with Gasteiger partial charge in [-0.15, -0.1) is 0 Å². The summed E-state index contributed by atoms with van der Waals surface area (Å²) in [6.07, 6.45) is 0.311. The predicted octanol–water partition coefficient (Wildman–Crippen LogP) is 2.92. The number of hydrogen-bond donors (Lipinski definition) is 0. The monoisotopic (exact) mass is 406 g/mol. The molecule has 0 amide bonds. The SMILES string of the molecule is CS(=O)(=O)O[C@@H]1CO[C@H](COCc2ccccc2)[C@@H](OCc2ccccc2)C1. The van der Waals surface area contributed by atoms with Crippen LogP contribution in [0.5, 0.6) is 0 Å². The Labute approximate surface area is 166 Å². The van der Waals surface area contributed by atoms with E-state index in [1.807, 2.05) is 60.7 Å². The number of hydrogen-bond acceptors (Lipinski definition) is 6. The van der Waals surface area contributed by atoms with Gasteiger partial charge in [0.25, 0.3) is 10.1 Å². The average Bonchev–Trinajstić information content (AvgIpc) is 2.68. The van der Waals surface area contributed by atoms with Gasteiger partial charge in [-0.05, 0) is 11.1 Å². The first-order chi connectivity index (χ1) is 13.5. The van der Waals surface area contributed by atoms with Crippen molar-refractivity contribution >= 4 is 10.1 Å². The fraction of sp³-hybridized carbons (Fsp3) is 0.429. The largest absolute Gasteiger partial charge is 0.374 e. The van der Waals surface area contributed by atoms with Gasteiger partial charge in [-0.2, -0.15) is 8.42 Å². The molecule has 0 aromatic heterocycles. The topological polar surface area (TPSA) is 71.1 Å². The lowest BCUT2D eigenvalue weighted by atomic mass is 10.0. The molecule has 1 heterocycles. The second kappa shape index (κ2) is 10.1. The van der Waals surface area contributed by atoms with Gasteiger partial charge < -0.3 is 14.2 Å². The second-order valence-electron chi connectivity index (χ2n) is 6.87. The molecule has 0 unspecified atom stereocenters. The molecule has 1 fully saturated rings. The molecule has 7 heteroatoms. The molecule has 0 bridgehead atoms. The molecule has 3 rings (SSSR count). The van der Waals surface area contributed by atoms with E-state index in [2.05, 4.69) is 0 Å². The van der Waals surface area contributed by atoms with Gasteiger partial charge >= 0.3 is 0 Å². The smallest absolute Gasteiger partial charge is 0.264 e. The average molecular weight is 407 g/mol. The van der Waals surface area contributed by atoms with Crippen LogP contribution in [0.4, 0.5) is 0 Å². The van der Waals surface area contributed by atoms with Crippen LogP contribution in [0.15, 0.2) is 60.7 Å². The molecule has 2 aromatic rings. The summed E-state index contributed by atoms with van der Waals surface area (Å²) in [6, 6.07) is 19.7. The highest BCUT2D eigenvalue weighted by atomic mass is 32.2. The molecule has 0 aliphatic carbocycles. The first-order valence-corrected chi connectivity index (χ1v) is 11.1. The minimum Gasteiger partial charge on any atom is -0.374 e. The van der Waals surface area contributed by atoms with Crippen LogP contribution in [0.25, 0.3) is 0 Å². The van der Waals surface area contributed by atoms with Crippen LogP contribution in [-0.4, -0.2) is 46.2 Å². The quantitative estimate of drug-likeness (QED) is 0.597. The summed E-state index contributed by atoms with van der Waals surface area (Å²) in [4.78, 5) is 0. The predicted molar refractivity (Wildman–Crippen MR) is 105 cm³/mol. The highest BCUT2D eigenvalue weighted by molar-refractivity contribution is 7.86. The molecule has 1 aliphatic rings. The van der Waals surface area contributed by atoms with Crippen LogP contribution in [0.3, 0.4) is 0 Å². The zero-order valence-electron chi connectivity index (χ0n) is 15.9. The molecule has 0 N–H and O–H groups in total. The second-order valence-corrected chi connectivity index (χ2v) is 8.47. The van der Waals surface area contributed by atoms with Gasteiger partial charge in [0.15, 0.2) is 0 Å². The molecule has 0 spiro atoms. The molecule has 0 saturated carbocycles. The van der Waals surface area contributed by atoms with E-state index in [9.17, 15) is 8.42 Å². The van der Waals surface area contributed by atoms with Crippen molar-refractivity contribution in [1.82, 2.24) is 0 Å². The summed E-state index contributed by atoms with van der Waals surface area (Å²) < 4.78 is 45.7. The van der Waals surface area contributed by atoms with E-state index < -0.39 is 16.2 Å². The Morgan fingerprint density at radius 2 is 1.57 bits per heavy atom. The third kappa shape index (κ3) is 7.00. The van der Waals surface area contributed by atoms with Crippen LogP contribution < -0.4 is 0 Å². The molecule has 1 saturated heterocycles. The van der Waals surface area contributed by atoms with Gasteiger partial charge in [-0.3, -0.25) is 4.18 Å². The summed E-state index contributed by atoms with van der Waals surface area (Å²) in [5.74, 6) is 0. The molecular weight excluding hydrogens is 380 g/mol. The van der Waals surface area contributed by atoms with Gasteiger partial charge in [0.2, 0.25) is 0 Å². The number of ether oxygens (including phenoxy) is 3. The van der Waals surface area contributed by atoms with Crippen molar-refractivity contribution in [3.8, 4) is 0 Å². The molecule has 1 aliphatic heterocycles. The summed E-state index contributed by atoms with van der Waals surface area (Å²) in [6.45, 7) is 1.45.